The fourth-order valence-electron chi connectivity index (χ4n) is 1.65. The van der Waals surface area contributed by atoms with E-state index in [1.54, 1.807) is 0 Å². The average molecular weight is 207 g/mol. The van der Waals surface area contributed by atoms with Gasteiger partial charge in [0.1, 0.15) is 0 Å². The lowest BCUT2D eigenvalue weighted by atomic mass is 9.94. The maximum absolute atomic E-state index is 9.73. The van der Waals surface area contributed by atoms with Crippen molar-refractivity contribution >= 4 is 0 Å². The molecule has 1 aromatic rings. The molecule has 3 N–H and O–H groups in total. The van der Waals surface area contributed by atoms with Gasteiger partial charge in [0.15, 0.2) is 0 Å². The highest BCUT2D eigenvalue weighted by molar-refractivity contribution is 5.27. The van der Waals surface area contributed by atoms with Crippen molar-refractivity contribution in [1.29, 1.82) is 0 Å². The summed E-state index contributed by atoms with van der Waals surface area (Å²) in [5.74, 6) is 0.381. The molecule has 2 nitrogen and oxygen atoms in total. The number of hydrogen-bond acceptors (Lipinski definition) is 2. The number of aliphatic hydroxyl groups is 1. The van der Waals surface area contributed by atoms with Crippen LogP contribution in [-0.2, 0) is 6.42 Å². The minimum absolute atomic E-state index is 0.381. The van der Waals surface area contributed by atoms with Crippen molar-refractivity contribution in [3.63, 3.8) is 0 Å². The molecule has 0 aliphatic carbocycles. The lowest BCUT2D eigenvalue weighted by molar-refractivity contribution is 0.0810. The predicted octanol–water partition coefficient (Wildman–Crippen LogP) is 2.06. The second-order valence-corrected chi connectivity index (χ2v) is 4.87. The molecule has 0 spiro atoms. The third kappa shape index (κ3) is 4.02. The minimum Gasteiger partial charge on any atom is -0.390 e. The minimum atomic E-state index is -0.648. The normalized spacial score (nSPS) is 13.9. The summed E-state index contributed by atoms with van der Waals surface area (Å²) in [6.07, 6.45) is 0.679. The number of nitrogens with two attached hydrogens (primary N) is 1. The van der Waals surface area contributed by atoms with Crippen LogP contribution in [0.5, 0.6) is 0 Å². The second-order valence-electron chi connectivity index (χ2n) is 4.87. The zero-order valence-electron chi connectivity index (χ0n) is 9.83. The van der Waals surface area contributed by atoms with Gasteiger partial charge in [0.2, 0.25) is 0 Å². The Labute approximate surface area is 92.1 Å². The van der Waals surface area contributed by atoms with E-state index in [2.05, 4.69) is 19.1 Å². The van der Waals surface area contributed by atoms with Crippen molar-refractivity contribution in [3.8, 4) is 0 Å². The van der Waals surface area contributed by atoms with Crippen LogP contribution in [0.4, 0.5) is 0 Å². The molecule has 0 fully saturated rings. The van der Waals surface area contributed by atoms with E-state index in [1.165, 1.54) is 11.1 Å². The first-order chi connectivity index (χ1) is 6.92. The fraction of sp³-hybridized carbons (Fsp3) is 0.538. The zero-order valence-corrected chi connectivity index (χ0v) is 9.83. The molecule has 84 valence electrons. The van der Waals surface area contributed by atoms with E-state index in [9.17, 15) is 5.11 Å². The number of benzene rings is 1. The van der Waals surface area contributed by atoms with E-state index in [1.807, 2.05) is 26.0 Å². The summed E-state index contributed by atoms with van der Waals surface area (Å²) in [6.45, 7) is 6.42. The van der Waals surface area contributed by atoms with Gasteiger partial charge >= 0.3 is 0 Å². The SMILES string of the molecule is CC(CN)c1cccc(CC(C)(C)O)c1. The maximum atomic E-state index is 9.73. The van der Waals surface area contributed by atoms with E-state index in [0.717, 1.165) is 0 Å². The molecule has 0 bridgehead atoms. The van der Waals surface area contributed by atoms with Gasteiger partial charge in [0, 0.05) is 6.42 Å². The molecule has 0 heterocycles. The van der Waals surface area contributed by atoms with Gasteiger partial charge in [-0.3, -0.25) is 0 Å². The Morgan fingerprint density at radius 1 is 1.40 bits per heavy atom. The molecule has 0 aliphatic heterocycles. The van der Waals surface area contributed by atoms with Gasteiger partial charge in [0.25, 0.3) is 0 Å². The Hall–Kier alpha value is -0.860. The summed E-state index contributed by atoms with van der Waals surface area (Å²) in [6, 6.07) is 8.30. The third-order valence-corrected chi connectivity index (χ3v) is 2.51. The summed E-state index contributed by atoms with van der Waals surface area (Å²) in [5, 5.41) is 9.73. The van der Waals surface area contributed by atoms with E-state index >= 15 is 0 Å². The van der Waals surface area contributed by atoms with Crippen LogP contribution in [0, 0.1) is 0 Å². The van der Waals surface area contributed by atoms with E-state index in [0.29, 0.717) is 18.9 Å². The molecule has 0 radical (unpaired) electrons. The van der Waals surface area contributed by atoms with Crippen LogP contribution < -0.4 is 5.73 Å². The molecule has 0 saturated carbocycles. The van der Waals surface area contributed by atoms with Gasteiger partial charge in [-0.25, -0.2) is 0 Å². The van der Waals surface area contributed by atoms with Crippen molar-refractivity contribution in [2.45, 2.75) is 38.7 Å². The van der Waals surface area contributed by atoms with E-state index < -0.39 is 5.60 Å². The van der Waals surface area contributed by atoms with Crippen LogP contribution >= 0.6 is 0 Å². The fourth-order valence-corrected chi connectivity index (χ4v) is 1.65. The van der Waals surface area contributed by atoms with Crippen LogP contribution in [-0.4, -0.2) is 17.3 Å². The number of hydrogen-bond donors (Lipinski definition) is 2. The molecule has 0 aliphatic rings. The first-order valence-corrected chi connectivity index (χ1v) is 5.43. The van der Waals surface area contributed by atoms with E-state index in [4.69, 9.17) is 5.73 Å². The molecule has 1 aromatic carbocycles. The van der Waals surface area contributed by atoms with Crippen LogP contribution in [0.2, 0.25) is 0 Å². The maximum Gasteiger partial charge on any atom is 0.0631 e. The zero-order chi connectivity index (χ0) is 11.5. The van der Waals surface area contributed by atoms with Crippen molar-refractivity contribution in [2.24, 2.45) is 5.73 Å². The van der Waals surface area contributed by atoms with Crippen molar-refractivity contribution in [3.05, 3.63) is 35.4 Å². The molecule has 1 atom stereocenters. The van der Waals surface area contributed by atoms with Crippen molar-refractivity contribution in [2.75, 3.05) is 6.54 Å². The second kappa shape index (κ2) is 4.77. The highest BCUT2D eigenvalue weighted by Gasteiger charge is 2.14. The van der Waals surface area contributed by atoms with Gasteiger partial charge < -0.3 is 10.8 Å². The molecule has 1 unspecified atom stereocenters. The molecule has 1 rings (SSSR count). The first-order valence-electron chi connectivity index (χ1n) is 5.43. The van der Waals surface area contributed by atoms with E-state index in [-0.39, 0.29) is 0 Å². The van der Waals surface area contributed by atoms with Crippen molar-refractivity contribution < 1.29 is 5.11 Å². The van der Waals surface area contributed by atoms with Crippen LogP contribution in [0.15, 0.2) is 24.3 Å². The topological polar surface area (TPSA) is 46.2 Å². The largest absolute Gasteiger partial charge is 0.390 e. The molecular formula is C13H21NO. The monoisotopic (exact) mass is 207 g/mol. The average Bonchev–Trinajstić information content (AvgIpc) is 2.14. The standard InChI is InChI=1S/C13H21NO/c1-10(9-14)12-6-4-5-11(7-12)8-13(2,3)15/h4-7,10,15H,8-9,14H2,1-3H3. The van der Waals surface area contributed by atoms with Gasteiger partial charge in [-0.2, -0.15) is 0 Å². The van der Waals surface area contributed by atoms with Gasteiger partial charge in [0.05, 0.1) is 5.60 Å². The number of rotatable bonds is 4. The van der Waals surface area contributed by atoms with Crippen LogP contribution in [0.3, 0.4) is 0 Å². The third-order valence-electron chi connectivity index (χ3n) is 2.51. The quantitative estimate of drug-likeness (QED) is 0.794. The smallest absolute Gasteiger partial charge is 0.0631 e. The Morgan fingerprint density at radius 2 is 2.07 bits per heavy atom. The van der Waals surface area contributed by atoms with Crippen LogP contribution in [0.25, 0.3) is 0 Å². The Kier molecular flexibility index (Phi) is 3.89. The molecule has 0 saturated heterocycles. The molecule has 0 amide bonds. The summed E-state index contributed by atoms with van der Waals surface area (Å²) in [4.78, 5) is 0. The Morgan fingerprint density at radius 3 is 2.60 bits per heavy atom. The summed E-state index contributed by atoms with van der Waals surface area (Å²) < 4.78 is 0. The lowest BCUT2D eigenvalue weighted by Gasteiger charge is -2.18. The van der Waals surface area contributed by atoms with Gasteiger partial charge in [-0.15, -0.1) is 0 Å². The first kappa shape index (κ1) is 12.2. The Bertz CT molecular complexity index is 315. The summed E-state index contributed by atoms with van der Waals surface area (Å²) in [7, 11) is 0. The lowest BCUT2D eigenvalue weighted by Crippen LogP contribution is -2.22. The molecule has 15 heavy (non-hydrogen) atoms. The Balaban J connectivity index is 2.83. The molecule has 0 aromatic heterocycles. The van der Waals surface area contributed by atoms with Crippen molar-refractivity contribution in [1.82, 2.24) is 0 Å². The molecular weight excluding hydrogens is 186 g/mol. The summed E-state index contributed by atoms with van der Waals surface area (Å²) in [5.41, 5.74) is 7.40. The summed E-state index contributed by atoms with van der Waals surface area (Å²) >= 11 is 0. The highest BCUT2D eigenvalue weighted by atomic mass is 16.3. The predicted molar refractivity (Wildman–Crippen MR) is 63.9 cm³/mol. The van der Waals surface area contributed by atoms with Crippen LogP contribution in [0.1, 0.15) is 37.8 Å². The highest BCUT2D eigenvalue weighted by Crippen LogP contribution is 2.18. The molecule has 2 heteroatoms. The van der Waals surface area contributed by atoms with Gasteiger partial charge in [-0.05, 0) is 37.4 Å². The van der Waals surface area contributed by atoms with Gasteiger partial charge in [-0.1, -0.05) is 31.2 Å².